The Morgan fingerprint density at radius 1 is 0.423 bits per heavy atom. The highest BCUT2D eigenvalue weighted by Crippen LogP contribution is 2.27. The van der Waals surface area contributed by atoms with Crippen molar-refractivity contribution in [2.75, 3.05) is 149 Å². The fourth-order valence-electron chi connectivity index (χ4n) is 13.3. The van der Waals surface area contributed by atoms with E-state index >= 15 is 0 Å². The van der Waals surface area contributed by atoms with Crippen molar-refractivity contribution in [2.24, 2.45) is 0 Å². The Balaban J connectivity index is 0.00000251. The van der Waals surface area contributed by atoms with Crippen LogP contribution in [0, 0.1) is 0 Å². The average Bonchev–Trinajstić information content (AvgIpc) is 1.05. The molecule has 15 N–H and O–H groups in total. The third kappa shape index (κ3) is 37.4. The molecule has 0 fully saturated rings. The lowest BCUT2D eigenvalue weighted by atomic mass is 10.1. The molecule has 0 aliphatic carbocycles. The van der Waals surface area contributed by atoms with Gasteiger partial charge in [-0.3, -0.25) is 42.9 Å². The maximum absolute atomic E-state index is 13.4. The molecule has 0 aliphatic rings. The molecular formula is C90H121N19O24S4. The first kappa shape index (κ1) is 109. The van der Waals surface area contributed by atoms with Gasteiger partial charge in [-0.05, 0) is 180 Å². The number of aliphatic carboxylic acids is 2. The first-order valence-electron chi connectivity index (χ1n) is 44.4. The smallest absolute Gasteiger partial charge is 0.323 e. The van der Waals surface area contributed by atoms with Gasteiger partial charge in [0.05, 0.1) is 102 Å². The lowest BCUT2D eigenvalue weighted by molar-refractivity contribution is -0.152. The van der Waals surface area contributed by atoms with Gasteiger partial charge in [0.15, 0.2) is 11.9 Å². The van der Waals surface area contributed by atoms with Gasteiger partial charge in [-0.1, -0.05) is 48.5 Å². The quantitative estimate of drug-likeness (QED) is 0.0168. The zero-order chi connectivity index (χ0) is 98.6. The Hall–Kier alpha value is -12.1. The van der Waals surface area contributed by atoms with Gasteiger partial charge in [-0.25, -0.2) is 53.1 Å². The van der Waals surface area contributed by atoms with Crippen LogP contribution in [0.2, 0.25) is 0 Å². The monoisotopic (exact) mass is 1980 g/mol. The zero-order valence-corrected chi connectivity index (χ0v) is 80.1. The number of rotatable bonds is 63. The van der Waals surface area contributed by atoms with Gasteiger partial charge in [0, 0.05) is 152 Å². The number of carbonyl (C=O) groups is 7. The number of ether oxygens (including phenoxy) is 7. The fourth-order valence-corrected chi connectivity index (χ4v) is 17.8. The summed E-state index contributed by atoms with van der Waals surface area (Å²) in [5.41, 5.74) is 4.01. The summed E-state index contributed by atoms with van der Waals surface area (Å²) in [4.78, 5) is 99.9. The molecule has 0 aliphatic heterocycles. The number of carboxylic acids is 2. The van der Waals surface area contributed by atoms with E-state index in [9.17, 15) is 77.4 Å². The molecular weight excluding hydrogens is 1860 g/mol. The number of esters is 1. The number of H-pyrrole nitrogens is 2. The number of nitrogens with one attached hydrogen (secondary N) is 13. The van der Waals surface area contributed by atoms with Crippen molar-refractivity contribution in [3.63, 3.8) is 0 Å². The van der Waals surface area contributed by atoms with Gasteiger partial charge >= 0.3 is 17.9 Å². The van der Waals surface area contributed by atoms with Crippen LogP contribution in [0.3, 0.4) is 0 Å². The van der Waals surface area contributed by atoms with E-state index in [1.807, 2.05) is 20.8 Å². The van der Waals surface area contributed by atoms with Crippen molar-refractivity contribution >= 4 is 115 Å². The molecule has 6 aromatic carbocycles. The van der Waals surface area contributed by atoms with Gasteiger partial charge in [-0.15, -0.1) is 0 Å². The molecule has 0 saturated carbocycles. The number of hydrogen-bond acceptors (Lipinski definition) is 29. The second-order valence-electron chi connectivity index (χ2n) is 31.9. The molecule has 10 rings (SSSR count). The van der Waals surface area contributed by atoms with E-state index in [0.29, 0.717) is 163 Å². The van der Waals surface area contributed by atoms with Crippen LogP contribution in [-0.4, -0.2) is 287 Å². The van der Waals surface area contributed by atoms with E-state index in [4.69, 9.17) is 33.2 Å². The molecule has 0 radical (unpaired) electrons. The summed E-state index contributed by atoms with van der Waals surface area (Å²) in [5.74, 6) is -3.57. The number of benzene rings is 6. The molecule has 0 saturated heterocycles. The topological polar surface area (TPSA) is 586 Å². The van der Waals surface area contributed by atoms with Gasteiger partial charge in [-0.2, -0.15) is 19.6 Å². The van der Waals surface area contributed by atoms with E-state index in [0.717, 1.165) is 23.9 Å². The van der Waals surface area contributed by atoms with Crippen LogP contribution in [0.25, 0.3) is 44.1 Å². The maximum atomic E-state index is 13.4. The van der Waals surface area contributed by atoms with Crippen LogP contribution in [0.5, 0.6) is 0 Å². The molecule has 10 aromatic rings. The van der Waals surface area contributed by atoms with Crippen LogP contribution in [0.1, 0.15) is 99.8 Å². The molecule has 47 heteroatoms. The average molecular weight is 1980 g/mol. The minimum atomic E-state index is -4.38. The lowest BCUT2D eigenvalue weighted by Crippen LogP contribution is -2.48. The van der Waals surface area contributed by atoms with Crippen molar-refractivity contribution in [1.82, 2.24) is 85.0 Å². The number of hydrogen-bond donors (Lipinski definition) is 15. The van der Waals surface area contributed by atoms with Gasteiger partial charge < -0.3 is 90.6 Å². The number of amides is 4. The molecule has 4 amide bonds. The number of nitrogens with zero attached hydrogens (tertiary/aromatic N) is 6. The van der Waals surface area contributed by atoms with Crippen molar-refractivity contribution in [3.05, 3.63) is 182 Å². The van der Waals surface area contributed by atoms with Crippen molar-refractivity contribution < 1.29 is 111 Å². The predicted molar refractivity (Wildman–Crippen MR) is 508 cm³/mol. The number of carbonyl (C=O) groups excluding carboxylic acids is 5. The Bertz CT molecular complexity index is 5960. The number of anilines is 2. The number of sulfonamides is 4. The number of likely N-dealkylation sites (N-methyl/N-ethyl adjacent to an activating group) is 1. The molecule has 4 aromatic heterocycles. The summed E-state index contributed by atoms with van der Waals surface area (Å²) in [7, 11) is -14.9. The summed E-state index contributed by atoms with van der Waals surface area (Å²) in [6, 6.07) is 29.0. The molecule has 3 atom stereocenters. The number of aromatic nitrogens is 8. The Morgan fingerprint density at radius 3 is 1.10 bits per heavy atom. The van der Waals surface area contributed by atoms with E-state index in [1.165, 1.54) is 79.7 Å². The number of imidazole rings is 2. The molecule has 744 valence electrons. The first-order valence-corrected chi connectivity index (χ1v) is 50.3. The number of carboxylic acid groups (broad SMARTS) is 2. The standard InChI is InChI=1S/C84H109N19O22S4.C6H12O2/c1-85-72(80(107)87-33-5-43-121-47-51-125-53-49-123-45-7-35-99-127(114,115)69-20-10-61(11-21-69)63-14-24-71(25-15-63)129(118,119)101-74(82(110)111)59-95-79(106)65-17-28-76-67(55-65)57-97-103(76)41-3-31-89-84-92-38-39-93-84)26-29-77(104)86-32-4-42-120-46-50-124-52-48-122-44-6-34-98-126(112,113)68-18-8-60(9-19-68)62-12-22-70(23-13-62)128(116,117)100-73(81(108)109)58-94-78(105)64-16-27-75-66(54-64)56-96-102(75)40-2-30-88-83-90-36-37-91-83;1-5(7)8-6(2,3)4/h8-25,27-28,36-39,54-57,72-74,85,98-101H,2-7,26,29-35,40-53,58-59H2,1H3,(H,86,104)(H,87,107)(H,94,105)(H,95,106)(H,108,109)(H,110,111)(H2,88,90,91)(H2,89,92,93);1-4H3. The SMILES string of the molecule is CC(=O)OC(C)(C)C.CNC(CCC(=O)NCCCOCCOCCOCCCNS(=O)(=O)c1ccc(-c2ccc(S(=O)(=O)NC(CNC(=O)c3ccc4c(cnn4CCCNc4ncc[nH]4)c3)C(=O)O)cc2)cc1)C(=O)NCCCOCCOCCOCCCNS(=O)(=O)c1ccc(-c2ccc(S(=O)(=O)NC(CNC(=O)c3ccc4c(cnn4CCCNc4ncc[nH]4)c3)C(=O)O)cc2)cc1. The first-order chi connectivity index (χ1) is 65.7. The Labute approximate surface area is 795 Å². The largest absolute Gasteiger partial charge is 0.480 e. The van der Waals surface area contributed by atoms with Crippen LogP contribution in [0.4, 0.5) is 11.9 Å². The third-order valence-corrected chi connectivity index (χ3v) is 26.2. The van der Waals surface area contributed by atoms with Crippen LogP contribution in [-0.2, 0) is 110 Å². The van der Waals surface area contributed by atoms with Crippen LogP contribution < -0.4 is 56.1 Å². The van der Waals surface area contributed by atoms with E-state index in [1.54, 1.807) is 114 Å². The Morgan fingerprint density at radius 2 is 0.774 bits per heavy atom. The fraction of sp³-hybridized carbons (Fsp3) is 0.433. The van der Waals surface area contributed by atoms with E-state index < -0.39 is 95.1 Å². The summed E-state index contributed by atoms with van der Waals surface area (Å²) >= 11 is 0. The summed E-state index contributed by atoms with van der Waals surface area (Å²) < 4.78 is 157. The number of aryl methyl sites for hydroxylation is 2. The normalized spacial score (nSPS) is 12.6. The van der Waals surface area contributed by atoms with Crippen LogP contribution in [0.15, 0.2) is 190 Å². The van der Waals surface area contributed by atoms with E-state index in [-0.39, 0.29) is 106 Å². The summed E-state index contributed by atoms with van der Waals surface area (Å²) in [6.45, 7) is 13.0. The number of aromatic amines is 2. The van der Waals surface area contributed by atoms with Gasteiger partial charge in [0.2, 0.25) is 51.9 Å². The van der Waals surface area contributed by atoms with Crippen LogP contribution >= 0.6 is 0 Å². The Kier molecular flexibility index (Phi) is 43.9. The highest BCUT2D eigenvalue weighted by molar-refractivity contribution is 7.90. The molecule has 0 bridgehead atoms. The molecule has 3 unspecified atom stereocenters. The maximum Gasteiger partial charge on any atom is 0.323 e. The number of fused-ring (bicyclic) bond motifs is 2. The van der Waals surface area contributed by atoms with E-state index in [2.05, 4.69) is 86.2 Å². The second-order valence-corrected chi connectivity index (χ2v) is 38.8. The molecule has 0 spiro atoms. The zero-order valence-electron chi connectivity index (χ0n) is 76.8. The predicted octanol–water partition coefficient (Wildman–Crippen LogP) is 5.36. The summed E-state index contributed by atoms with van der Waals surface area (Å²) in [6.07, 6.45) is 13.8. The van der Waals surface area contributed by atoms with Crippen molar-refractivity contribution in [2.45, 2.75) is 135 Å². The molecule has 137 heavy (non-hydrogen) atoms. The minimum Gasteiger partial charge on any atom is -0.480 e. The minimum absolute atomic E-state index is 0.0107. The third-order valence-electron chi connectivity index (χ3n) is 20.3. The summed E-state index contributed by atoms with van der Waals surface area (Å²) in [5, 5.41) is 50.0. The van der Waals surface area contributed by atoms with Gasteiger partial charge in [0.25, 0.3) is 11.8 Å². The second kappa shape index (κ2) is 55.4. The highest BCUT2D eigenvalue weighted by atomic mass is 32.2. The van der Waals surface area contributed by atoms with Crippen molar-refractivity contribution in [3.8, 4) is 22.3 Å². The lowest BCUT2D eigenvalue weighted by Gasteiger charge is -2.17. The molecule has 4 heterocycles. The van der Waals surface area contributed by atoms with Gasteiger partial charge in [0.1, 0.15) is 17.7 Å². The molecule has 43 nitrogen and oxygen atoms in total. The van der Waals surface area contributed by atoms with Crippen molar-refractivity contribution in [1.29, 1.82) is 0 Å². The highest BCUT2D eigenvalue weighted by Gasteiger charge is 2.30.